The number of hydrogen-bond acceptors (Lipinski definition) is 5. The van der Waals surface area contributed by atoms with Gasteiger partial charge in [-0.15, -0.1) is 0 Å². The van der Waals surface area contributed by atoms with E-state index in [1.165, 1.54) is 0 Å². The van der Waals surface area contributed by atoms with Gasteiger partial charge in [-0.1, -0.05) is 18.2 Å². The second kappa shape index (κ2) is 9.19. The first kappa shape index (κ1) is 19.6. The molecular formula is C21H27N5O3. The average Bonchev–Trinajstić information content (AvgIpc) is 3.23. The number of hydrogen-bond donors (Lipinski definition) is 0. The van der Waals surface area contributed by atoms with Gasteiger partial charge in [0.2, 0.25) is 11.8 Å². The van der Waals surface area contributed by atoms with Gasteiger partial charge in [-0.3, -0.25) is 14.5 Å². The minimum Gasteiger partial charge on any atom is -0.379 e. The second-order valence-electron chi connectivity index (χ2n) is 7.46. The summed E-state index contributed by atoms with van der Waals surface area (Å²) in [6, 6.07) is 9.84. The Morgan fingerprint density at radius 1 is 0.897 bits per heavy atom. The lowest BCUT2D eigenvalue weighted by molar-refractivity contribution is -0.140. The van der Waals surface area contributed by atoms with Crippen LogP contribution < -0.4 is 0 Å². The van der Waals surface area contributed by atoms with Crippen molar-refractivity contribution >= 4 is 11.8 Å². The van der Waals surface area contributed by atoms with Crippen molar-refractivity contribution in [1.82, 2.24) is 24.5 Å². The van der Waals surface area contributed by atoms with Crippen LogP contribution in [0.4, 0.5) is 0 Å². The molecule has 2 aliphatic heterocycles. The molecule has 0 aliphatic carbocycles. The van der Waals surface area contributed by atoms with Crippen LogP contribution >= 0.6 is 0 Å². The van der Waals surface area contributed by atoms with Crippen LogP contribution in [0, 0.1) is 0 Å². The Kier molecular flexibility index (Phi) is 6.21. The fourth-order valence-electron chi connectivity index (χ4n) is 3.72. The van der Waals surface area contributed by atoms with Crippen molar-refractivity contribution in [1.29, 1.82) is 0 Å². The lowest BCUT2D eigenvalue weighted by atomic mass is 10.2. The number of carbonyl (C=O) groups excluding carboxylic acids is 2. The maximum Gasteiger partial charge on any atom is 0.236 e. The highest BCUT2D eigenvalue weighted by Gasteiger charge is 2.25. The largest absolute Gasteiger partial charge is 0.379 e. The first-order valence-corrected chi connectivity index (χ1v) is 10.1. The quantitative estimate of drug-likeness (QED) is 0.731. The third kappa shape index (κ3) is 5.02. The molecule has 8 nitrogen and oxygen atoms in total. The van der Waals surface area contributed by atoms with Crippen molar-refractivity contribution in [2.24, 2.45) is 0 Å². The first-order valence-electron chi connectivity index (χ1n) is 10.1. The maximum absolute atomic E-state index is 12.7. The number of ether oxygens (including phenoxy) is 1. The van der Waals surface area contributed by atoms with Crippen LogP contribution in [0.3, 0.4) is 0 Å². The third-order valence-electron chi connectivity index (χ3n) is 5.46. The Bertz CT molecular complexity index is 824. The van der Waals surface area contributed by atoms with E-state index in [9.17, 15) is 9.59 Å². The van der Waals surface area contributed by atoms with Crippen molar-refractivity contribution in [3.05, 3.63) is 48.3 Å². The van der Waals surface area contributed by atoms with Crippen LogP contribution in [0.1, 0.15) is 5.56 Å². The molecule has 2 saturated heterocycles. The molecule has 2 aliphatic rings. The van der Waals surface area contributed by atoms with E-state index in [2.05, 4.69) is 10.00 Å². The molecule has 3 heterocycles. The fourth-order valence-corrected chi connectivity index (χ4v) is 3.72. The Morgan fingerprint density at radius 3 is 2.24 bits per heavy atom. The van der Waals surface area contributed by atoms with Crippen molar-refractivity contribution in [2.75, 3.05) is 59.0 Å². The number of morpholine rings is 1. The van der Waals surface area contributed by atoms with Crippen molar-refractivity contribution < 1.29 is 14.3 Å². The van der Waals surface area contributed by atoms with Gasteiger partial charge in [-0.25, -0.2) is 4.68 Å². The summed E-state index contributed by atoms with van der Waals surface area (Å²) in [5, 5.41) is 4.35. The summed E-state index contributed by atoms with van der Waals surface area (Å²) in [7, 11) is 0. The monoisotopic (exact) mass is 397 g/mol. The van der Waals surface area contributed by atoms with Crippen LogP contribution in [0.2, 0.25) is 0 Å². The summed E-state index contributed by atoms with van der Waals surface area (Å²) < 4.78 is 7.11. The summed E-state index contributed by atoms with van der Waals surface area (Å²) in [5.74, 6) is 0.223. The molecule has 0 saturated carbocycles. The summed E-state index contributed by atoms with van der Waals surface area (Å²) in [6.07, 6.45) is 3.97. The van der Waals surface area contributed by atoms with Gasteiger partial charge in [-0.2, -0.15) is 5.10 Å². The zero-order chi connectivity index (χ0) is 20.1. The van der Waals surface area contributed by atoms with Gasteiger partial charge in [0.05, 0.1) is 38.1 Å². The number of para-hydroxylation sites is 1. The summed E-state index contributed by atoms with van der Waals surface area (Å²) in [4.78, 5) is 31.0. The number of benzene rings is 1. The van der Waals surface area contributed by atoms with E-state index < -0.39 is 0 Å². The van der Waals surface area contributed by atoms with E-state index >= 15 is 0 Å². The van der Waals surface area contributed by atoms with E-state index in [1.54, 1.807) is 10.9 Å². The predicted molar refractivity (Wildman–Crippen MR) is 108 cm³/mol. The minimum atomic E-state index is 0.0814. The average molecular weight is 397 g/mol. The van der Waals surface area contributed by atoms with Gasteiger partial charge in [0.25, 0.3) is 0 Å². The highest BCUT2D eigenvalue weighted by molar-refractivity contribution is 5.80. The molecular weight excluding hydrogens is 370 g/mol. The Labute approximate surface area is 170 Å². The van der Waals surface area contributed by atoms with Gasteiger partial charge in [0.1, 0.15) is 0 Å². The molecule has 1 aromatic heterocycles. The van der Waals surface area contributed by atoms with Gasteiger partial charge < -0.3 is 14.5 Å². The molecule has 2 aromatic rings. The number of aromatic nitrogens is 2. The number of amides is 2. The van der Waals surface area contributed by atoms with E-state index in [-0.39, 0.29) is 11.8 Å². The van der Waals surface area contributed by atoms with Gasteiger partial charge in [0, 0.05) is 45.5 Å². The highest BCUT2D eigenvalue weighted by atomic mass is 16.5. The molecule has 8 heteroatoms. The molecule has 0 atom stereocenters. The minimum absolute atomic E-state index is 0.0814. The molecule has 0 unspecified atom stereocenters. The van der Waals surface area contributed by atoms with Crippen molar-refractivity contribution in [2.45, 2.75) is 6.42 Å². The highest BCUT2D eigenvalue weighted by Crippen LogP contribution is 2.11. The SMILES string of the molecule is O=C(Cc1cnn(-c2ccccc2)c1)N1CCN(C(=O)CN2CCOCC2)CC1. The summed E-state index contributed by atoms with van der Waals surface area (Å²) in [5.41, 5.74) is 1.86. The van der Waals surface area contributed by atoms with Gasteiger partial charge in [-0.05, 0) is 17.7 Å². The van der Waals surface area contributed by atoms with E-state index in [0.29, 0.717) is 52.4 Å². The fraction of sp³-hybridized carbons (Fsp3) is 0.476. The van der Waals surface area contributed by atoms with Crippen LogP contribution in [-0.4, -0.2) is 95.3 Å². The topological polar surface area (TPSA) is 70.9 Å². The number of carbonyl (C=O) groups is 2. The molecule has 29 heavy (non-hydrogen) atoms. The zero-order valence-electron chi connectivity index (χ0n) is 16.6. The summed E-state index contributed by atoms with van der Waals surface area (Å²) >= 11 is 0. The normalized spacial score (nSPS) is 18.1. The van der Waals surface area contributed by atoms with E-state index in [1.807, 2.05) is 46.3 Å². The van der Waals surface area contributed by atoms with Gasteiger partial charge >= 0.3 is 0 Å². The Morgan fingerprint density at radius 2 is 1.55 bits per heavy atom. The molecule has 2 amide bonds. The zero-order valence-corrected chi connectivity index (χ0v) is 16.6. The molecule has 4 rings (SSSR count). The lowest BCUT2D eigenvalue weighted by Gasteiger charge is -2.36. The number of nitrogens with zero attached hydrogens (tertiary/aromatic N) is 5. The lowest BCUT2D eigenvalue weighted by Crippen LogP contribution is -2.53. The maximum atomic E-state index is 12.7. The Balaban J connectivity index is 1.25. The molecule has 0 spiro atoms. The van der Waals surface area contributed by atoms with Crippen LogP contribution in [0.5, 0.6) is 0 Å². The molecule has 1 aromatic carbocycles. The molecule has 154 valence electrons. The van der Waals surface area contributed by atoms with E-state index in [4.69, 9.17) is 4.74 Å². The van der Waals surface area contributed by atoms with Crippen molar-refractivity contribution in [3.63, 3.8) is 0 Å². The van der Waals surface area contributed by atoms with Crippen molar-refractivity contribution in [3.8, 4) is 5.69 Å². The van der Waals surface area contributed by atoms with Crippen LogP contribution in [-0.2, 0) is 20.7 Å². The van der Waals surface area contributed by atoms with Crippen LogP contribution in [0.25, 0.3) is 5.69 Å². The smallest absolute Gasteiger partial charge is 0.236 e. The first-order chi connectivity index (χ1) is 14.2. The molecule has 0 N–H and O–H groups in total. The predicted octanol–water partition coefficient (Wildman–Crippen LogP) is 0.418. The third-order valence-corrected chi connectivity index (χ3v) is 5.46. The number of rotatable bonds is 5. The molecule has 0 bridgehead atoms. The molecule has 2 fully saturated rings. The Hall–Kier alpha value is -2.71. The second-order valence-corrected chi connectivity index (χ2v) is 7.46. The van der Waals surface area contributed by atoms with E-state index in [0.717, 1.165) is 24.3 Å². The number of piperazine rings is 1. The standard InChI is InChI=1S/C21H27N5O3/c27-20(14-18-15-22-26(16-18)19-4-2-1-3-5-19)24-6-8-25(9-7-24)21(28)17-23-10-12-29-13-11-23/h1-5,15-16H,6-14,17H2. The van der Waals surface area contributed by atoms with Crippen LogP contribution in [0.15, 0.2) is 42.7 Å². The van der Waals surface area contributed by atoms with Gasteiger partial charge in [0.15, 0.2) is 0 Å². The summed E-state index contributed by atoms with van der Waals surface area (Å²) in [6.45, 7) is 5.79. The molecule has 0 radical (unpaired) electrons.